The van der Waals surface area contributed by atoms with Crippen LogP contribution in [-0.4, -0.2) is 6.61 Å². The zero-order valence-corrected chi connectivity index (χ0v) is 24.2. The molecule has 1 nitrogen and oxygen atoms in total. The number of hydrogen-bond donors (Lipinski definition) is 0. The van der Waals surface area contributed by atoms with Crippen LogP contribution in [0.15, 0.2) is 24.8 Å². The van der Waals surface area contributed by atoms with Crippen molar-refractivity contribution in [3.63, 3.8) is 0 Å². The van der Waals surface area contributed by atoms with Gasteiger partial charge in [-0.1, -0.05) is 103 Å². The summed E-state index contributed by atoms with van der Waals surface area (Å²) >= 11 is 0. The summed E-state index contributed by atoms with van der Waals surface area (Å²) in [5.41, 5.74) is 0.565. The van der Waals surface area contributed by atoms with Crippen molar-refractivity contribution >= 4 is 0 Å². The lowest BCUT2D eigenvalue weighted by Gasteiger charge is -2.43. The average Bonchev–Trinajstić information content (AvgIpc) is 2.94. The summed E-state index contributed by atoms with van der Waals surface area (Å²) in [6, 6.07) is 3.40. The van der Waals surface area contributed by atoms with Gasteiger partial charge in [-0.2, -0.15) is 4.39 Å². The second-order valence-electron chi connectivity index (χ2n) is 13.1. The number of benzene rings is 1. The highest BCUT2D eigenvalue weighted by Gasteiger charge is 2.37. The molecule has 0 bridgehead atoms. The van der Waals surface area contributed by atoms with Gasteiger partial charge in [-0.05, 0) is 85.7 Å². The highest BCUT2D eigenvalue weighted by atomic mass is 19.2. The Labute approximate surface area is 232 Å². The van der Waals surface area contributed by atoms with Gasteiger partial charge in [0.25, 0.3) is 0 Å². The van der Waals surface area contributed by atoms with Gasteiger partial charge in [0.15, 0.2) is 11.6 Å². The second-order valence-corrected chi connectivity index (χ2v) is 13.1. The SMILES string of the molecule is C=CCCOc1ccc(C2CCC3CC(CCC4CCC(CCCCCCC)CC4)CCC3C2)c(F)c1F. The van der Waals surface area contributed by atoms with Crippen molar-refractivity contribution in [1.29, 1.82) is 0 Å². The minimum atomic E-state index is -0.821. The third-order valence-corrected chi connectivity index (χ3v) is 10.5. The first-order valence-corrected chi connectivity index (χ1v) is 16.3. The van der Waals surface area contributed by atoms with Crippen LogP contribution in [0.2, 0.25) is 0 Å². The van der Waals surface area contributed by atoms with Crippen LogP contribution < -0.4 is 4.74 Å². The largest absolute Gasteiger partial charge is 0.490 e. The molecule has 0 spiro atoms. The van der Waals surface area contributed by atoms with Gasteiger partial charge in [0, 0.05) is 0 Å². The van der Waals surface area contributed by atoms with Crippen molar-refractivity contribution in [2.24, 2.45) is 29.6 Å². The second kappa shape index (κ2) is 15.4. The van der Waals surface area contributed by atoms with Crippen molar-refractivity contribution < 1.29 is 13.5 Å². The van der Waals surface area contributed by atoms with Crippen molar-refractivity contribution in [3.05, 3.63) is 42.0 Å². The van der Waals surface area contributed by atoms with Crippen molar-refractivity contribution in [2.75, 3.05) is 6.61 Å². The molecular formula is C35H54F2O. The van der Waals surface area contributed by atoms with E-state index in [-0.39, 0.29) is 11.7 Å². The monoisotopic (exact) mass is 528 g/mol. The van der Waals surface area contributed by atoms with Crippen molar-refractivity contribution in [1.82, 2.24) is 0 Å². The molecule has 3 heteroatoms. The minimum Gasteiger partial charge on any atom is -0.490 e. The molecule has 3 fully saturated rings. The molecule has 0 aromatic heterocycles. The van der Waals surface area contributed by atoms with E-state index in [0.717, 1.165) is 36.5 Å². The molecule has 1 aromatic rings. The van der Waals surface area contributed by atoms with Crippen LogP contribution in [0.3, 0.4) is 0 Å². The van der Waals surface area contributed by atoms with Gasteiger partial charge < -0.3 is 4.74 Å². The first-order valence-electron chi connectivity index (χ1n) is 16.3. The molecule has 0 aliphatic heterocycles. The quantitative estimate of drug-likeness (QED) is 0.172. The van der Waals surface area contributed by atoms with Crippen LogP contribution in [0.25, 0.3) is 0 Å². The predicted molar refractivity (Wildman–Crippen MR) is 156 cm³/mol. The zero-order chi connectivity index (χ0) is 26.7. The Balaban J connectivity index is 1.16. The maximum absolute atomic E-state index is 15.0. The summed E-state index contributed by atoms with van der Waals surface area (Å²) in [7, 11) is 0. The molecule has 0 amide bonds. The van der Waals surface area contributed by atoms with Crippen molar-refractivity contribution in [3.8, 4) is 5.75 Å². The smallest absolute Gasteiger partial charge is 0.200 e. The predicted octanol–water partition coefficient (Wildman–Crippen LogP) is 11.2. The van der Waals surface area contributed by atoms with E-state index < -0.39 is 11.6 Å². The van der Waals surface area contributed by atoms with Crippen LogP contribution in [0.4, 0.5) is 8.78 Å². The Kier molecular flexibility index (Phi) is 12.0. The number of halogens is 2. The van der Waals surface area contributed by atoms with Crippen LogP contribution in [0, 0.1) is 41.2 Å². The van der Waals surface area contributed by atoms with Crippen LogP contribution >= 0.6 is 0 Å². The summed E-state index contributed by atoms with van der Waals surface area (Å²) in [6.07, 6.45) is 26.9. The highest BCUT2D eigenvalue weighted by molar-refractivity contribution is 5.33. The van der Waals surface area contributed by atoms with E-state index in [9.17, 15) is 8.78 Å². The number of fused-ring (bicyclic) bond motifs is 1. The normalized spacial score (nSPS) is 29.6. The maximum Gasteiger partial charge on any atom is 0.200 e. The van der Waals surface area contributed by atoms with Crippen LogP contribution in [0.5, 0.6) is 5.75 Å². The minimum absolute atomic E-state index is 0.0261. The molecule has 3 aliphatic rings. The van der Waals surface area contributed by atoms with E-state index in [1.54, 1.807) is 18.2 Å². The molecule has 4 atom stereocenters. The highest BCUT2D eigenvalue weighted by Crippen LogP contribution is 2.49. The summed E-state index contributed by atoms with van der Waals surface area (Å²) in [4.78, 5) is 0. The van der Waals surface area contributed by atoms with Gasteiger partial charge in [0.1, 0.15) is 0 Å². The molecule has 3 aliphatic carbocycles. The molecule has 0 saturated heterocycles. The van der Waals surface area contributed by atoms with Gasteiger partial charge in [-0.15, -0.1) is 6.58 Å². The fourth-order valence-corrected chi connectivity index (χ4v) is 8.07. The number of unbranched alkanes of at least 4 members (excludes halogenated alkanes) is 4. The summed E-state index contributed by atoms with van der Waals surface area (Å²) in [5.74, 6) is 3.02. The topological polar surface area (TPSA) is 9.23 Å². The molecule has 1 aromatic carbocycles. The van der Waals surface area contributed by atoms with Crippen LogP contribution in [0.1, 0.15) is 140 Å². The Morgan fingerprint density at radius 2 is 1.42 bits per heavy atom. The first-order chi connectivity index (χ1) is 18.6. The van der Waals surface area contributed by atoms with E-state index in [4.69, 9.17) is 4.74 Å². The molecule has 214 valence electrons. The molecule has 0 heterocycles. The van der Waals surface area contributed by atoms with Gasteiger partial charge in [-0.25, -0.2) is 4.39 Å². The number of rotatable bonds is 14. The lowest BCUT2D eigenvalue weighted by atomic mass is 9.63. The van der Waals surface area contributed by atoms with Gasteiger partial charge in [-0.3, -0.25) is 0 Å². The zero-order valence-electron chi connectivity index (χ0n) is 24.2. The number of hydrogen-bond acceptors (Lipinski definition) is 1. The van der Waals surface area contributed by atoms with Crippen molar-refractivity contribution in [2.45, 2.75) is 135 Å². The first kappa shape index (κ1) is 29.6. The lowest BCUT2D eigenvalue weighted by molar-refractivity contribution is 0.107. The van der Waals surface area contributed by atoms with E-state index in [2.05, 4.69) is 13.5 Å². The van der Waals surface area contributed by atoms with Gasteiger partial charge >= 0.3 is 0 Å². The Bertz CT molecular complexity index is 843. The van der Waals surface area contributed by atoms with E-state index in [0.29, 0.717) is 24.5 Å². The Morgan fingerprint density at radius 1 is 0.763 bits per heavy atom. The fourth-order valence-electron chi connectivity index (χ4n) is 8.07. The van der Waals surface area contributed by atoms with Crippen LogP contribution in [-0.2, 0) is 0 Å². The standard InChI is InChI=1S/C35H54F2O/c1-3-5-7-8-9-10-26-11-13-27(14-12-26)15-16-28-17-18-30-25-31(20-19-29(30)24-28)32-21-22-33(35(37)34(32)36)38-23-6-4-2/h4,21-22,26-31H,2-3,5-20,23-25H2,1H3. The Morgan fingerprint density at radius 3 is 2.18 bits per heavy atom. The van der Waals surface area contributed by atoms with Gasteiger partial charge in [0.2, 0.25) is 5.82 Å². The fraction of sp³-hybridized carbons (Fsp3) is 0.771. The van der Waals surface area contributed by atoms with E-state index in [1.165, 1.54) is 103 Å². The lowest BCUT2D eigenvalue weighted by Crippen LogP contribution is -2.31. The molecule has 38 heavy (non-hydrogen) atoms. The maximum atomic E-state index is 15.0. The molecule has 0 N–H and O–H groups in total. The average molecular weight is 529 g/mol. The molecular weight excluding hydrogens is 474 g/mol. The third kappa shape index (κ3) is 8.31. The summed E-state index contributed by atoms with van der Waals surface area (Å²) < 4.78 is 35.0. The molecule has 4 unspecified atom stereocenters. The van der Waals surface area contributed by atoms with E-state index in [1.807, 2.05) is 0 Å². The molecule has 3 saturated carbocycles. The Hall–Kier alpha value is -1.38. The third-order valence-electron chi connectivity index (χ3n) is 10.5. The number of ether oxygens (including phenoxy) is 1. The van der Waals surface area contributed by atoms with E-state index >= 15 is 0 Å². The van der Waals surface area contributed by atoms with Gasteiger partial charge in [0.05, 0.1) is 6.61 Å². The summed E-state index contributed by atoms with van der Waals surface area (Å²) in [6.45, 7) is 6.27. The molecule has 0 radical (unpaired) electrons. The molecule has 4 rings (SSSR count). The summed E-state index contributed by atoms with van der Waals surface area (Å²) in [5, 5.41) is 0.